The summed E-state index contributed by atoms with van der Waals surface area (Å²) in [7, 11) is 1.82. The Morgan fingerprint density at radius 1 is 1.33 bits per heavy atom. The van der Waals surface area contributed by atoms with E-state index in [9.17, 15) is 4.79 Å². The van der Waals surface area contributed by atoms with Crippen molar-refractivity contribution in [3.63, 3.8) is 0 Å². The standard InChI is InChI=1S/C15H17N3O3/c1-10-7-12(17-18(10)2)15(19)16-6-5-11-3-4-13-14(8-11)21-9-20-13/h3-4,7-8H,5-6,9H2,1-2H3,(H,16,19). The molecule has 1 aliphatic rings. The number of aromatic nitrogens is 2. The molecule has 6 heteroatoms. The van der Waals surface area contributed by atoms with Gasteiger partial charge in [0.25, 0.3) is 5.91 Å². The van der Waals surface area contributed by atoms with Crippen LogP contribution in [-0.2, 0) is 13.5 Å². The summed E-state index contributed by atoms with van der Waals surface area (Å²) in [5.41, 5.74) is 2.49. The SMILES string of the molecule is Cc1cc(C(=O)NCCc2ccc3c(c2)OCO3)nn1C. The average molecular weight is 287 g/mol. The summed E-state index contributed by atoms with van der Waals surface area (Å²) in [6.45, 7) is 2.74. The van der Waals surface area contributed by atoms with Crippen molar-refractivity contribution in [1.82, 2.24) is 15.1 Å². The maximum absolute atomic E-state index is 12.0. The minimum Gasteiger partial charge on any atom is -0.454 e. The van der Waals surface area contributed by atoms with Crippen LogP contribution < -0.4 is 14.8 Å². The summed E-state index contributed by atoms with van der Waals surface area (Å²) < 4.78 is 12.3. The second-order valence-corrected chi connectivity index (χ2v) is 4.99. The third-order valence-corrected chi connectivity index (χ3v) is 3.48. The van der Waals surface area contributed by atoms with Crippen LogP contribution in [0.3, 0.4) is 0 Å². The maximum Gasteiger partial charge on any atom is 0.271 e. The molecule has 6 nitrogen and oxygen atoms in total. The molecule has 0 saturated heterocycles. The Kier molecular flexibility index (Phi) is 3.51. The Bertz CT molecular complexity index is 659. The number of benzene rings is 1. The molecule has 0 radical (unpaired) electrons. The van der Waals surface area contributed by atoms with Crippen LogP contribution in [0.25, 0.3) is 0 Å². The van der Waals surface area contributed by atoms with Crippen LogP contribution in [0.2, 0.25) is 0 Å². The van der Waals surface area contributed by atoms with Gasteiger partial charge in [-0.1, -0.05) is 6.07 Å². The highest BCUT2D eigenvalue weighted by Gasteiger charge is 2.14. The van der Waals surface area contributed by atoms with Gasteiger partial charge in [0.2, 0.25) is 6.79 Å². The van der Waals surface area contributed by atoms with Crippen molar-refractivity contribution in [1.29, 1.82) is 0 Å². The van der Waals surface area contributed by atoms with Gasteiger partial charge < -0.3 is 14.8 Å². The second-order valence-electron chi connectivity index (χ2n) is 4.99. The largest absolute Gasteiger partial charge is 0.454 e. The van der Waals surface area contributed by atoms with Gasteiger partial charge in [0.1, 0.15) is 5.69 Å². The Morgan fingerprint density at radius 2 is 2.14 bits per heavy atom. The summed E-state index contributed by atoms with van der Waals surface area (Å²) in [4.78, 5) is 12.0. The van der Waals surface area contributed by atoms with Crippen molar-refractivity contribution in [2.24, 2.45) is 7.05 Å². The molecule has 0 saturated carbocycles. The molecule has 21 heavy (non-hydrogen) atoms. The predicted molar refractivity (Wildman–Crippen MR) is 76.5 cm³/mol. The molecule has 2 heterocycles. The fourth-order valence-electron chi connectivity index (χ4n) is 2.18. The Hall–Kier alpha value is -2.50. The van der Waals surface area contributed by atoms with Gasteiger partial charge in [-0.2, -0.15) is 5.10 Å². The quantitative estimate of drug-likeness (QED) is 0.924. The summed E-state index contributed by atoms with van der Waals surface area (Å²) in [5, 5.41) is 7.02. The third kappa shape index (κ3) is 2.84. The van der Waals surface area contributed by atoms with Crippen molar-refractivity contribution in [3.05, 3.63) is 41.2 Å². The number of fused-ring (bicyclic) bond motifs is 1. The molecule has 0 unspecified atom stereocenters. The molecule has 110 valence electrons. The predicted octanol–water partition coefficient (Wildman–Crippen LogP) is 1.43. The summed E-state index contributed by atoms with van der Waals surface area (Å²) in [5.74, 6) is 1.38. The first-order valence-corrected chi connectivity index (χ1v) is 6.81. The molecular formula is C15H17N3O3. The van der Waals surface area contributed by atoms with E-state index in [0.717, 1.165) is 29.2 Å². The summed E-state index contributed by atoms with van der Waals surface area (Å²) in [6, 6.07) is 7.58. The number of hydrogen-bond acceptors (Lipinski definition) is 4. The van der Waals surface area contributed by atoms with E-state index >= 15 is 0 Å². The molecule has 1 aromatic heterocycles. The molecule has 1 amide bonds. The second kappa shape index (κ2) is 5.47. The lowest BCUT2D eigenvalue weighted by molar-refractivity contribution is 0.0948. The van der Waals surface area contributed by atoms with E-state index in [-0.39, 0.29) is 12.7 Å². The van der Waals surface area contributed by atoms with Gasteiger partial charge in [-0.3, -0.25) is 9.48 Å². The van der Waals surface area contributed by atoms with E-state index in [1.165, 1.54) is 0 Å². The lowest BCUT2D eigenvalue weighted by Crippen LogP contribution is -2.26. The Balaban J connectivity index is 1.55. The van der Waals surface area contributed by atoms with Crippen LogP contribution >= 0.6 is 0 Å². The van der Waals surface area contributed by atoms with Crippen molar-refractivity contribution in [3.8, 4) is 11.5 Å². The highest BCUT2D eigenvalue weighted by atomic mass is 16.7. The molecule has 3 rings (SSSR count). The van der Waals surface area contributed by atoms with Gasteiger partial charge >= 0.3 is 0 Å². The molecule has 0 atom stereocenters. The molecule has 0 aliphatic carbocycles. The number of rotatable bonds is 4. The normalized spacial score (nSPS) is 12.5. The number of carbonyl (C=O) groups is 1. The number of nitrogens with zero attached hydrogens (tertiary/aromatic N) is 2. The van der Waals surface area contributed by atoms with Crippen LogP contribution in [0, 0.1) is 6.92 Å². The number of nitrogens with one attached hydrogen (secondary N) is 1. The van der Waals surface area contributed by atoms with Crippen molar-refractivity contribution >= 4 is 5.91 Å². The average Bonchev–Trinajstić information content (AvgIpc) is 3.05. The number of amides is 1. The number of hydrogen-bond donors (Lipinski definition) is 1. The monoisotopic (exact) mass is 287 g/mol. The first kappa shape index (κ1) is 13.5. The van der Waals surface area contributed by atoms with E-state index < -0.39 is 0 Å². The van der Waals surface area contributed by atoms with Crippen LogP contribution in [-0.4, -0.2) is 29.0 Å². The highest BCUT2D eigenvalue weighted by molar-refractivity contribution is 5.92. The van der Waals surface area contributed by atoms with Crippen LogP contribution in [0.15, 0.2) is 24.3 Å². The smallest absolute Gasteiger partial charge is 0.271 e. The summed E-state index contributed by atoms with van der Waals surface area (Å²) >= 11 is 0. The zero-order valence-corrected chi connectivity index (χ0v) is 12.0. The topological polar surface area (TPSA) is 65.4 Å². The maximum atomic E-state index is 12.0. The molecule has 1 N–H and O–H groups in total. The van der Waals surface area contributed by atoms with Crippen LogP contribution in [0.5, 0.6) is 11.5 Å². The van der Waals surface area contributed by atoms with E-state index in [1.54, 1.807) is 10.7 Å². The molecule has 0 bridgehead atoms. The molecule has 2 aromatic rings. The minimum absolute atomic E-state index is 0.153. The van der Waals surface area contributed by atoms with E-state index in [1.807, 2.05) is 32.2 Å². The zero-order valence-electron chi connectivity index (χ0n) is 12.0. The van der Waals surface area contributed by atoms with Gasteiger partial charge in [0.05, 0.1) is 0 Å². The molecular weight excluding hydrogens is 270 g/mol. The van der Waals surface area contributed by atoms with Crippen LogP contribution in [0.1, 0.15) is 21.7 Å². The van der Waals surface area contributed by atoms with E-state index in [0.29, 0.717) is 12.2 Å². The van der Waals surface area contributed by atoms with Crippen molar-refractivity contribution in [2.75, 3.05) is 13.3 Å². The highest BCUT2D eigenvalue weighted by Crippen LogP contribution is 2.32. The van der Waals surface area contributed by atoms with Gasteiger partial charge in [0.15, 0.2) is 11.5 Å². The zero-order chi connectivity index (χ0) is 14.8. The third-order valence-electron chi connectivity index (χ3n) is 3.48. The van der Waals surface area contributed by atoms with Crippen molar-refractivity contribution < 1.29 is 14.3 Å². The molecule has 1 aliphatic heterocycles. The lowest BCUT2D eigenvalue weighted by Gasteiger charge is -2.04. The molecule has 1 aromatic carbocycles. The van der Waals surface area contributed by atoms with Gasteiger partial charge in [-0.05, 0) is 37.1 Å². The van der Waals surface area contributed by atoms with Gasteiger partial charge in [-0.25, -0.2) is 0 Å². The van der Waals surface area contributed by atoms with E-state index in [2.05, 4.69) is 10.4 Å². The van der Waals surface area contributed by atoms with Gasteiger partial charge in [-0.15, -0.1) is 0 Å². The fraction of sp³-hybridized carbons (Fsp3) is 0.333. The number of ether oxygens (including phenoxy) is 2. The summed E-state index contributed by atoms with van der Waals surface area (Å²) in [6.07, 6.45) is 0.730. The molecule has 0 fully saturated rings. The number of aryl methyl sites for hydroxylation is 2. The first-order valence-electron chi connectivity index (χ1n) is 6.81. The fourth-order valence-corrected chi connectivity index (χ4v) is 2.18. The van der Waals surface area contributed by atoms with Crippen LogP contribution in [0.4, 0.5) is 0 Å². The first-order chi connectivity index (χ1) is 10.1. The van der Waals surface area contributed by atoms with Crippen molar-refractivity contribution in [2.45, 2.75) is 13.3 Å². The Morgan fingerprint density at radius 3 is 2.90 bits per heavy atom. The lowest BCUT2D eigenvalue weighted by atomic mass is 10.1. The van der Waals surface area contributed by atoms with E-state index in [4.69, 9.17) is 9.47 Å². The van der Waals surface area contributed by atoms with Gasteiger partial charge in [0, 0.05) is 19.3 Å². The Labute approximate surface area is 122 Å². The molecule has 0 spiro atoms. The minimum atomic E-state index is -0.153. The number of carbonyl (C=O) groups excluding carboxylic acids is 1.